The van der Waals surface area contributed by atoms with Gasteiger partial charge >= 0.3 is 0 Å². The smallest absolute Gasteiger partial charge is 0.225 e. The molecule has 18 heavy (non-hydrogen) atoms. The Bertz CT molecular complexity index is 394. The molecule has 0 aromatic heterocycles. The fraction of sp³-hybridized carbons (Fsp3) is 0.462. The van der Waals surface area contributed by atoms with Crippen LogP contribution in [0.5, 0.6) is 5.75 Å². The summed E-state index contributed by atoms with van der Waals surface area (Å²) >= 11 is 0. The molecular weight excluding hydrogens is 252 g/mol. The Labute approximate surface area is 114 Å². The van der Waals surface area contributed by atoms with Crippen LogP contribution in [0.1, 0.15) is 5.56 Å². The minimum Gasteiger partial charge on any atom is -0.496 e. The predicted octanol–water partition coefficient (Wildman–Crippen LogP) is 0.995. The Kier molecular flexibility index (Phi) is 5.95. The third kappa shape index (κ3) is 3.62. The van der Waals surface area contributed by atoms with E-state index in [9.17, 15) is 4.79 Å². The molecule has 1 amide bonds. The summed E-state index contributed by atoms with van der Waals surface area (Å²) in [7, 11) is 1.66. The molecule has 0 radical (unpaired) electrons. The first-order valence-electron chi connectivity index (χ1n) is 5.91. The van der Waals surface area contributed by atoms with Gasteiger partial charge in [-0.15, -0.1) is 12.4 Å². The number of carbonyl (C=O) groups is 1. The van der Waals surface area contributed by atoms with Crippen molar-refractivity contribution in [3.63, 3.8) is 0 Å². The number of rotatable bonds is 5. The Balaban J connectivity index is 0.00000162. The van der Waals surface area contributed by atoms with Crippen LogP contribution in [-0.4, -0.2) is 32.7 Å². The standard InChI is InChI=1S/C13H18N2O2.ClH/c1-17-12-5-3-2-4-10(12)6-7-15-13(16)11-8-14-9-11;/h2-5,11,14H,6-9H2,1H3,(H,15,16);1H. The normalized spacial score (nSPS) is 14.3. The largest absolute Gasteiger partial charge is 0.496 e. The van der Waals surface area contributed by atoms with Gasteiger partial charge in [0.2, 0.25) is 5.91 Å². The summed E-state index contributed by atoms with van der Waals surface area (Å²) in [5, 5.41) is 6.04. The Morgan fingerprint density at radius 2 is 2.17 bits per heavy atom. The van der Waals surface area contributed by atoms with E-state index in [1.165, 1.54) is 0 Å². The molecule has 5 heteroatoms. The summed E-state index contributed by atoms with van der Waals surface area (Å²) < 4.78 is 5.26. The molecule has 0 saturated carbocycles. The van der Waals surface area contributed by atoms with Crippen molar-refractivity contribution in [3.8, 4) is 5.75 Å². The number of ether oxygens (including phenoxy) is 1. The number of methoxy groups -OCH3 is 1. The molecule has 0 bridgehead atoms. The average molecular weight is 271 g/mol. The van der Waals surface area contributed by atoms with Crippen molar-refractivity contribution >= 4 is 18.3 Å². The van der Waals surface area contributed by atoms with Gasteiger partial charge in [0.05, 0.1) is 13.0 Å². The second kappa shape index (κ2) is 7.24. The topological polar surface area (TPSA) is 50.4 Å². The number of carbonyl (C=O) groups excluding carboxylic acids is 1. The number of benzene rings is 1. The van der Waals surface area contributed by atoms with Crippen molar-refractivity contribution in [2.24, 2.45) is 5.92 Å². The van der Waals surface area contributed by atoms with Crippen LogP contribution in [0.4, 0.5) is 0 Å². The molecule has 1 fully saturated rings. The van der Waals surface area contributed by atoms with Gasteiger partial charge in [0.15, 0.2) is 0 Å². The zero-order chi connectivity index (χ0) is 12.1. The lowest BCUT2D eigenvalue weighted by atomic mass is 10.0. The second-order valence-corrected chi connectivity index (χ2v) is 4.21. The fourth-order valence-corrected chi connectivity index (χ4v) is 1.85. The molecule has 2 rings (SSSR count). The summed E-state index contributed by atoms with van der Waals surface area (Å²) in [4.78, 5) is 11.6. The van der Waals surface area contributed by atoms with E-state index >= 15 is 0 Å². The van der Waals surface area contributed by atoms with Gasteiger partial charge in [-0.2, -0.15) is 0 Å². The third-order valence-corrected chi connectivity index (χ3v) is 3.04. The zero-order valence-electron chi connectivity index (χ0n) is 10.4. The van der Waals surface area contributed by atoms with Crippen LogP contribution in [0.2, 0.25) is 0 Å². The second-order valence-electron chi connectivity index (χ2n) is 4.21. The van der Waals surface area contributed by atoms with E-state index in [1.807, 2.05) is 24.3 Å². The molecule has 4 nitrogen and oxygen atoms in total. The summed E-state index contributed by atoms with van der Waals surface area (Å²) in [6, 6.07) is 7.89. The summed E-state index contributed by atoms with van der Waals surface area (Å²) in [6.07, 6.45) is 0.801. The highest BCUT2D eigenvalue weighted by atomic mass is 35.5. The number of hydrogen-bond donors (Lipinski definition) is 2. The van der Waals surface area contributed by atoms with Crippen molar-refractivity contribution in [1.82, 2.24) is 10.6 Å². The molecule has 0 aliphatic carbocycles. The minimum absolute atomic E-state index is 0. The highest BCUT2D eigenvalue weighted by molar-refractivity contribution is 5.85. The fourth-order valence-electron chi connectivity index (χ4n) is 1.85. The van der Waals surface area contributed by atoms with E-state index in [0.29, 0.717) is 6.54 Å². The van der Waals surface area contributed by atoms with Crippen LogP contribution >= 0.6 is 12.4 Å². The van der Waals surface area contributed by atoms with Gasteiger partial charge in [-0.1, -0.05) is 18.2 Å². The lowest BCUT2D eigenvalue weighted by Crippen LogP contribution is -2.51. The van der Waals surface area contributed by atoms with E-state index in [1.54, 1.807) is 7.11 Å². The van der Waals surface area contributed by atoms with Gasteiger partial charge in [0.25, 0.3) is 0 Å². The van der Waals surface area contributed by atoms with Crippen LogP contribution in [-0.2, 0) is 11.2 Å². The van der Waals surface area contributed by atoms with Gasteiger partial charge in [-0.3, -0.25) is 4.79 Å². The Morgan fingerprint density at radius 3 is 2.78 bits per heavy atom. The van der Waals surface area contributed by atoms with Crippen LogP contribution in [0.3, 0.4) is 0 Å². The molecule has 2 N–H and O–H groups in total. The first kappa shape index (κ1) is 14.8. The highest BCUT2D eigenvalue weighted by Gasteiger charge is 2.24. The van der Waals surface area contributed by atoms with Crippen LogP contribution in [0.25, 0.3) is 0 Å². The SMILES string of the molecule is COc1ccccc1CCNC(=O)C1CNC1.Cl. The van der Waals surface area contributed by atoms with Crippen molar-refractivity contribution in [2.45, 2.75) is 6.42 Å². The first-order valence-corrected chi connectivity index (χ1v) is 5.91. The maximum atomic E-state index is 11.6. The molecule has 1 aliphatic heterocycles. The van der Waals surface area contributed by atoms with E-state index in [-0.39, 0.29) is 24.2 Å². The lowest BCUT2D eigenvalue weighted by Gasteiger charge is -2.25. The van der Waals surface area contributed by atoms with Gasteiger partial charge in [-0.05, 0) is 18.1 Å². The molecular formula is C13H19ClN2O2. The molecule has 1 saturated heterocycles. The third-order valence-electron chi connectivity index (χ3n) is 3.04. The number of para-hydroxylation sites is 1. The van der Waals surface area contributed by atoms with Crippen LogP contribution in [0, 0.1) is 5.92 Å². The lowest BCUT2D eigenvalue weighted by molar-refractivity contribution is -0.126. The molecule has 1 aliphatic rings. The van der Waals surface area contributed by atoms with Crippen LogP contribution < -0.4 is 15.4 Å². The summed E-state index contributed by atoms with van der Waals surface area (Å²) in [5.74, 6) is 1.19. The summed E-state index contributed by atoms with van der Waals surface area (Å²) in [6.45, 7) is 2.27. The predicted molar refractivity (Wildman–Crippen MR) is 73.3 cm³/mol. The monoisotopic (exact) mass is 270 g/mol. The quantitative estimate of drug-likeness (QED) is 0.839. The van der Waals surface area contributed by atoms with Gasteiger partial charge in [0, 0.05) is 19.6 Å². The van der Waals surface area contributed by atoms with Gasteiger partial charge in [0.1, 0.15) is 5.75 Å². The zero-order valence-corrected chi connectivity index (χ0v) is 11.3. The molecule has 0 unspecified atom stereocenters. The van der Waals surface area contributed by atoms with E-state index in [2.05, 4.69) is 10.6 Å². The maximum Gasteiger partial charge on any atom is 0.225 e. The van der Waals surface area contributed by atoms with Crippen molar-refractivity contribution in [2.75, 3.05) is 26.7 Å². The van der Waals surface area contributed by atoms with Gasteiger partial charge < -0.3 is 15.4 Å². The average Bonchev–Trinajstić information content (AvgIpc) is 2.27. The number of nitrogens with one attached hydrogen (secondary N) is 2. The maximum absolute atomic E-state index is 11.6. The summed E-state index contributed by atoms with van der Waals surface area (Å²) in [5.41, 5.74) is 1.13. The van der Waals surface area contributed by atoms with E-state index in [4.69, 9.17) is 4.74 Å². The molecule has 1 heterocycles. The number of halogens is 1. The molecule has 1 aromatic carbocycles. The number of amides is 1. The Hall–Kier alpha value is -1.26. The van der Waals surface area contributed by atoms with Crippen molar-refractivity contribution in [1.29, 1.82) is 0 Å². The van der Waals surface area contributed by atoms with Gasteiger partial charge in [-0.25, -0.2) is 0 Å². The first-order chi connectivity index (χ1) is 8.31. The van der Waals surface area contributed by atoms with Crippen molar-refractivity contribution < 1.29 is 9.53 Å². The molecule has 1 aromatic rings. The minimum atomic E-state index is 0. The highest BCUT2D eigenvalue weighted by Crippen LogP contribution is 2.17. The molecule has 0 atom stereocenters. The Morgan fingerprint density at radius 1 is 1.44 bits per heavy atom. The number of hydrogen-bond acceptors (Lipinski definition) is 3. The van der Waals surface area contributed by atoms with E-state index < -0.39 is 0 Å². The molecule has 100 valence electrons. The van der Waals surface area contributed by atoms with Crippen molar-refractivity contribution in [3.05, 3.63) is 29.8 Å². The molecule has 0 spiro atoms. The van der Waals surface area contributed by atoms with Crippen LogP contribution in [0.15, 0.2) is 24.3 Å². The van der Waals surface area contributed by atoms with E-state index in [0.717, 1.165) is 30.8 Å².